The van der Waals surface area contributed by atoms with Crippen molar-refractivity contribution >= 4 is 33.7 Å². The van der Waals surface area contributed by atoms with Crippen molar-refractivity contribution in [2.24, 2.45) is 0 Å². The summed E-state index contributed by atoms with van der Waals surface area (Å²) in [4.78, 5) is 21.6. The van der Waals surface area contributed by atoms with E-state index in [-0.39, 0.29) is 5.97 Å². The number of hydrogen-bond donors (Lipinski definition) is 2. The maximum Gasteiger partial charge on any atom is 0.349 e. The van der Waals surface area contributed by atoms with Crippen LogP contribution in [0, 0.1) is 0 Å². The zero-order chi connectivity index (χ0) is 27.8. The van der Waals surface area contributed by atoms with E-state index in [1.807, 2.05) is 42.5 Å². The molecule has 0 aliphatic carbocycles. The van der Waals surface area contributed by atoms with E-state index in [1.165, 1.54) is 0 Å². The Morgan fingerprint density at radius 1 is 1.10 bits per heavy atom. The Balaban J connectivity index is 1.42. The first-order chi connectivity index (χ1) is 18.8. The van der Waals surface area contributed by atoms with Crippen molar-refractivity contribution in [3.63, 3.8) is 0 Å². The number of carbonyl (C=O) groups excluding carboxylic acids is 1. The third kappa shape index (κ3) is 6.85. The number of anilines is 1. The molecule has 2 heterocycles. The summed E-state index contributed by atoms with van der Waals surface area (Å²) in [5, 5.41) is 4.55. The van der Waals surface area contributed by atoms with Gasteiger partial charge in [0.25, 0.3) is 0 Å². The van der Waals surface area contributed by atoms with E-state index in [1.54, 1.807) is 20.8 Å². The monoisotopic (exact) mass is 533 g/mol. The highest BCUT2D eigenvalue weighted by molar-refractivity contribution is 6.06. The maximum absolute atomic E-state index is 12.2. The number of fused-ring (bicyclic) bond motifs is 3. The van der Waals surface area contributed by atoms with Crippen LogP contribution in [-0.4, -0.2) is 45.9 Å². The summed E-state index contributed by atoms with van der Waals surface area (Å²) in [5.74, 6) is 1.54. The van der Waals surface area contributed by atoms with Crippen molar-refractivity contribution < 1.29 is 19.0 Å². The van der Waals surface area contributed by atoms with Crippen molar-refractivity contribution in [3.05, 3.63) is 59.9 Å². The van der Waals surface area contributed by atoms with Gasteiger partial charge < -0.3 is 29.8 Å². The van der Waals surface area contributed by atoms with Crippen molar-refractivity contribution in [2.75, 3.05) is 25.5 Å². The minimum Gasteiger partial charge on any atom is -0.476 e. The predicted molar refractivity (Wildman–Crippen MR) is 153 cm³/mol. The average molecular weight is 534 g/mol. The van der Waals surface area contributed by atoms with E-state index in [2.05, 4.69) is 27.9 Å². The summed E-state index contributed by atoms with van der Waals surface area (Å²) in [6, 6.07) is 15.8. The molecule has 2 aromatic carbocycles. The molecule has 39 heavy (non-hydrogen) atoms. The van der Waals surface area contributed by atoms with Crippen molar-refractivity contribution in [1.29, 1.82) is 0 Å². The van der Waals surface area contributed by atoms with Crippen LogP contribution in [0.3, 0.4) is 0 Å². The van der Waals surface area contributed by atoms with E-state index >= 15 is 0 Å². The number of esters is 1. The van der Waals surface area contributed by atoms with Crippen LogP contribution in [0.1, 0.15) is 51.9 Å². The Morgan fingerprint density at radius 2 is 1.92 bits per heavy atom. The quantitative estimate of drug-likeness (QED) is 0.172. The van der Waals surface area contributed by atoms with Gasteiger partial charge in [0.2, 0.25) is 0 Å². The molecular weight excluding hydrogens is 494 g/mol. The predicted octanol–water partition coefficient (Wildman–Crippen LogP) is 4.99. The SMILES string of the molecule is CCCOCc1nc2c(N)nc3ccccc3c2n1CCCNCc1cccc(OC(C)(C)C(=O)OCC)c1. The molecule has 4 aromatic rings. The number of aryl methyl sites for hydroxylation is 1. The molecule has 0 unspecified atom stereocenters. The molecule has 208 valence electrons. The van der Waals surface area contributed by atoms with E-state index in [0.29, 0.717) is 37.9 Å². The second-order valence-corrected chi connectivity index (χ2v) is 9.95. The lowest BCUT2D eigenvalue weighted by Crippen LogP contribution is -2.39. The molecule has 0 radical (unpaired) electrons. The molecule has 0 saturated heterocycles. The summed E-state index contributed by atoms with van der Waals surface area (Å²) >= 11 is 0. The highest BCUT2D eigenvalue weighted by Gasteiger charge is 2.31. The minimum absolute atomic E-state index is 0.318. The number of rotatable bonds is 14. The molecule has 0 aliphatic heterocycles. The van der Waals surface area contributed by atoms with Crippen LogP contribution in [0.2, 0.25) is 0 Å². The lowest BCUT2D eigenvalue weighted by Gasteiger charge is -2.24. The molecule has 2 aromatic heterocycles. The molecule has 0 bridgehead atoms. The maximum atomic E-state index is 12.2. The van der Waals surface area contributed by atoms with Gasteiger partial charge in [-0.2, -0.15) is 0 Å². The van der Waals surface area contributed by atoms with Gasteiger partial charge >= 0.3 is 5.97 Å². The van der Waals surface area contributed by atoms with Crippen LogP contribution in [0.5, 0.6) is 5.75 Å². The minimum atomic E-state index is -1.06. The summed E-state index contributed by atoms with van der Waals surface area (Å²) < 4.78 is 19.1. The van der Waals surface area contributed by atoms with Crippen LogP contribution in [-0.2, 0) is 34.0 Å². The van der Waals surface area contributed by atoms with Gasteiger partial charge in [0.15, 0.2) is 11.4 Å². The number of nitrogens with two attached hydrogens (primary N) is 1. The molecule has 3 N–H and O–H groups in total. The topological polar surface area (TPSA) is 114 Å². The number of imidazole rings is 1. The fourth-order valence-corrected chi connectivity index (χ4v) is 4.52. The number of benzene rings is 2. The molecular formula is C30H39N5O4. The Kier molecular flexibility index (Phi) is 9.37. The highest BCUT2D eigenvalue weighted by Crippen LogP contribution is 2.29. The highest BCUT2D eigenvalue weighted by atomic mass is 16.6. The van der Waals surface area contributed by atoms with E-state index in [9.17, 15) is 4.79 Å². The second-order valence-electron chi connectivity index (χ2n) is 9.95. The number of hydrogen-bond acceptors (Lipinski definition) is 8. The normalized spacial score (nSPS) is 11.8. The van der Waals surface area contributed by atoms with Gasteiger partial charge in [-0.25, -0.2) is 14.8 Å². The molecule has 0 spiro atoms. The standard InChI is InChI=1S/C30H39N5O4/c1-5-17-37-20-25-34-26-27(23-13-7-8-14-24(23)33-28(26)31)35(25)16-10-15-32-19-21-11-9-12-22(18-21)39-30(3,4)29(36)38-6-2/h7-9,11-14,18,32H,5-6,10,15-17,19-20H2,1-4H3,(H2,31,33). The first kappa shape index (κ1) is 28.3. The Morgan fingerprint density at radius 3 is 2.72 bits per heavy atom. The summed E-state index contributed by atoms with van der Waals surface area (Å²) in [7, 11) is 0. The largest absolute Gasteiger partial charge is 0.476 e. The molecule has 0 aliphatic rings. The number of carbonyl (C=O) groups is 1. The van der Waals surface area contributed by atoms with E-state index in [0.717, 1.165) is 59.3 Å². The van der Waals surface area contributed by atoms with Gasteiger partial charge in [-0.05, 0) is 63.9 Å². The van der Waals surface area contributed by atoms with Crippen LogP contribution >= 0.6 is 0 Å². The summed E-state index contributed by atoms with van der Waals surface area (Å²) in [6.07, 6.45) is 1.83. The molecule has 0 fully saturated rings. The summed E-state index contributed by atoms with van der Waals surface area (Å²) in [6.45, 7) is 11.0. The van der Waals surface area contributed by atoms with Gasteiger partial charge in [0, 0.05) is 25.1 Å². The third-order valence-corrected chi connectivity index (χ3v) is 6.37. The van der Waals surface area contributed by atoms with Gasteiger partial charge in [-0.15, -0.1) is 0 Å². The number of nitrogens with one attached hydrogen (secondary N) is 1. The van der Waals surface area contributed by atoms with E-state index in [4.69, 9.17) is 24.9 Å². The first-order valence-corrected chi connectivity index (χ1v) is 13.6. The van der Waals surface area contributed by atoms with Crippen LogP contribution in [0.15, 0.2) is 48.5 Å². The first-order valence-electron chi connectivity index (χ1n) is 13.6. The number of nitrogens with zero attached hydrogens (tertiary/aromatic N) is 3. The Labute approximate surface area is 229 Å². The Bertz CT molecular complexity index is 1420. The molecule has 4 rings (SSSR count). The van der Waals surface area contributed by atoms with Gasteiger partial charge in [-0.3, -0.25) is 0 Å². The smallest absolute Gasteiger partial charge is 0.349 e. The molecule has 0 saturated carbocycles. The van der Waals surface area contributed by atoms with Gasteiger partial charge in [0.1, 0.15) is 23.7 Å². The molecule has 9 nitrogen and oxygen atoms in total. The van der Waals surface area contributed by atoms with Crippen LogP contribution in [0.4, 0.5) is 5.82 Å². The lowest BCUT2D eigenvalue weighted by molar-refractivity contribution is -0.158. The second kappa shape index (κ2) is 12.9. The number of aromatic nitrogens is 3. The fourth-order valence-electron chi connectivity index (χ4n) is 4.52. The number of ether oxygens (including phenoxy) is 3. The number of nitrogen functional groups attached to an aromatic ring is 1. The zero-order valence-corrected chi connectivity index (χ0v) is 23.3. The van der Waals surface area contributed by atoms with Crippen molar-refractivity contribution in [1.82, 2.24) is 19.9 Å². The van der Waals surface area contributed by atoms with Crippen LogP contribution < -0.4 is 15.8 Å². The molecule has 0 amide bonds. The zero-order valence-electron chi connectivity index (χ0n) is 23.3. The molecule has 9 heteroatoms. The van der Waals surface area contributed by atoms with Gasteiger partial charge in [-0.1, -0.05) is 37.3 Å². The number of pyridine rings is 1. The average Bonchev–Trinajstić information content (AvgIpc) is 3.28. The van der Waals surface area contributed by atoms with Crippen molar-refractivity contribution in [3.8, 4) is 5.75 Å². The van der Waals surface area contributed by atoms with Crippen LogP contribution in [0.25, 0.3) is 21.9 Å². The fraction of sp³-hybridized carbons (Fsp3) is 0.433. The third-order valence-electron chi connectivity index (χ3n) is 6.37. The van der Waals surface area contributed by atoms with E-state index < -0.39 is 5.60 Å². The summed E-state index contributed by atoms with van der Waals surface area (Å²) in [5.41, 5.74) is 8.90. The Hall–Kier alpha value is -3.69. The van der Waals surface area contributed by atoms with Crippen molar-refractivity contribution in [2.45, 2.75) is 65.8 Å². The number of para-hydroxylation sites is 1. The molecule has 0 atom stereocenters. The lowest BCUT2D eigenvalue weighted by atomic mass is 10.1. The van der Waals surface area contributed by atoms with Gasteiger partial charge in [0.05, 0.1) is 17.6 Å².